The highest BCUT2D eigenvalue weighted by Gasteiger charge is 2.16. The molecule has 0 spiro atoms. The third kappa shape index (κ3) is 2.35. The number of benzene rings is 1. The Hall–Kier alpha value is -1.48. The van der Waals surface area contributed by atoms with Crippen LogP contribution in [0.3, 0.4) is 0 Å². The molecule has 0 aliphatic carbocycles. The number of nitrogens with two attached hydrogens (primary N) is 1. The molecule has 1 aliphatic heterocycles. The molecule has 1 aromatic carbocycles. The zero-order chi connectivity index (χ0) is 13.4. The van der Waals surface area contributed by atoms with E-state index >= 15 is 0 Å². The Labute approximate surface area is 115 Å². The van der Waals surface area contributed by atoms with Gasteiger partial charge in [-0.2, -0.15) is 0 Å². The summed E-state index contributed by atoms with van der Waals surface area (Å²) in [6.07, 6.45) is 4.99. The first-order chi connectivity index (χ1) is 9.15. The van der Waals surface area contributed by atoms with E-state index in [-0.39, 0.29) is 0 Å². The number of aromatic nitrogens is 1. The van der Waals surface area contributed by atoms with E-state index in [0.29, 0.717) is 6.04 Å². The smallest absolute Gasteiger partial charge is 0.0487 e. The summed E-state index contributed by atoms with van der Waals surface area (Å²) in [6, 6.07) is 6.76. The molecule has 2 heterocycles. The van der Waals surface area contributed by atoms with E-state index in [0.717, 1.165) is 12.2 Å². The Bertz CT molecular complexity index is 577. The molecule has 0 amide bonds. The summed E-state index contributed by atoms with van der Waals surface area (Å²) in [5.74, 6) is 0. The van der Waals surface area contributed by atoms with Crippen LogP contribution < -0.4 is 5.73 Å². The number of likely N-dealkylation sites (tertiary alicyclic amines) is 1. The quantitative estimate of drug-likeness (QED) is 0.855. The summed E-state index contributed by atoms with van der Waals surface area (Å²) in [4.78, 5) is 2.54. The summed E-state index contributed by atoms with van der Waals surface area (Å²) >= 11 is 0. The molecule has 1 saturated heterocycles. The Morgan fingerprint density at radius 3 is 2.63 bits per heavy atom. The van der Waals surface area contributed by atoms with Crippen LogP contribution in [0.5, 0.6) is 0 Å². The van der Waals surface area contributed by atoms with Crippen LogP contribution in [-0.2, 0) is 6.54 Å². The maximum Gasteiger partial charge on any atom is 0.0487 e. The van der Waals surface area contributed by atoms with Crippen LogP contribution in [-0.4, -0.2) is 22.6 Å². The lowest BCUT2D eigenvalue weighted by Crippen LogP contribution is -2.18. The molecule has 0 saturated carbocycles. The third-order valence-corrected chi connectivity index (χ3v) is 4.09. The molecule has 0 atom stereocenters. The lowest BCUT2D eigenvalue weighted by atomic mass is 10.1. The van der Waals surface area contributed by atoms with Crippen molar-refractivity contribution in [3.05, 3.63) is 30.0 Å². The van der Waals surface area contributed by atoms with Crippen LogP contribution in [0.15, 0.2) is 24.4 Å². The maximum absolute atomic E-state index is 5.96. The third-order valence-electron chi connectivity index (χ3n) is 4.09. The molecule has 1 aromatic heterocycles. The maximum atomic E-state index is 5.96. The molecule has 3 heteroatoms. The highest BCUT2D eigenvalue weighted by molar-refractivity contribution is 5.87. The Morgan fingerprint density at radius 2 is 1.95 bits per heavy atom. The first kappa shape index (κ1) is 12.5. The molecule has 1 aliphatic rings. The molecule has 102 valence electrons. The van der Waals surface area contributed by atoms with Crippen molar-refractivity contribution >= 4 is 16.6 Å². The molecular formula is C16H23N3. The van der Waals surface area contributed by atoms with Gasteiger partial charge in [-0.25, -0.2) is 0 Å². The van der Waals surface area contributed by atoms with Crippen molar-refractivity contribution in [2.75, 3.05) is 18.8 Å². The number of nitrogen functional groups attached to an aromatic ring is 1. The zero-order valence-electron chi connectivity index (χ0n) is 11.9. The van der Waals surface area contributed by atoms with Crippen LogP contribution in [0, 0.1) is 0 Å². The van der Waals surface area contributed by atoms with E-state index in [1.165, 1.54) is 42.4 Å². The minimum atomic E-state index is 0.485. The standard InChI is InChI=1S/C16H23N3/c1-12(2)19-11-13(10-18-7-3-4-8-18)15-9-14(17)5-6-16(15)19/h5-6,9,11-12H,3-4,7-8,10,17H2,1-2H3. The largest absolute Gasteiger partial charge is 0.399 e. The molecular weight excluding hydrogens is 234 g/mol. The van der Waals surface area contributed by atoms with E-state index in [9.17, 15) is 0 Å². The van der Waals surface area contributed by atoms with Crippen LogP contribution in [0.2, 0.25) is 0 Å². The van der Waals surface area contributed by atoms with E-state index in [2.05, 4.69) is 41.6 Å². The van der Waals surface area contributed by atoms with Gasteiger partial charge in [-0.3, -0.25) is 4.90 Å². The fourth-order valence-corrected chi connectivity index (χ4v) is 3.08. The summed E-state index contributed by atoms with van der Waals surface area (Å²) in [6.45, 7) is 7.98. The number of rotatable bonds is 3. The van der Waals surface area contributed by atoms with Crippen LogP contribution >= 0.6 is 0 Å². The monoisotopic (exact) mass is 257 g/mol. The van der Waals surface area contributed by atoms with E-state index < -0.39 is 0 Å². The number of nitrogens with zero attached hydrogens (tertiary/aromatic N) is 2. The van der Waals surface area contributed by atoms with Crippen molar-refractivity contribution < 1.29 is 0 Å². The predicted octanol–water partition coefficient (Wildman–Crippen LogP) is 3.40. The Morgan fingerprint density at radius 1 is 1.21 bits per heavy atom. The van der Waals surface area contributed by atoms with E-state index in [4.69, 9.17) is 5.73 Å². The number of anilines is 1. The molecule has 3 nitrogen and oxygen atoms in total. The van der Waals surface area contributed by atoms with Gasteiger partial charge in [-0.05, 0) is 63.5 Å². The Balaban J connectivity index is 2.04. The zero-order valence-corrected chi connectivity index (χ0v) is 11.9. The van der Waals surface area contributed by atoms with Crippen molar-refractivity contribution in [2.24, 2.45) is 0 Å². The first-order valence-electron chi connectivity index (χ1n) is 7.26. The summed E-state index contributed by atoms with van der Waals surface area (Å²) in [5, 5.41) is 1.32. The second-order valence-electron chi connectivity index (χ2n) is 5.92. The minimum Gasteiger partial charge on any atom is -0.399 e. The van der Waals surface area contributed by atoms with Gasteiger partial charge in [-0.15, -0.1) is 0 Å². The fourth-order valence-electron chi connectivity index (χ4n) is 3.08. The molecule has 2 aromatic rings. The number of fused-ring (bicyclic) bond motifs is 1. The van der Waals surface area contributed by atoms with E-state index in [1.54, 1.807) is 0 Å². The molecule has 2 N–H and O–H groups in total. The first-order valence-corrected chi connectivity index (χ1v) is 7.26. The van der Waals surface area contributed by atoms with Gasteiger partial charge >= 0.3 is 0 Å². The van der Waals surface area contributed by atoms with Gasteiger partial charge in [0.05, 0.1) is 0 Å². The molecule has 19 heavy (non-hydrogen) atoms. The minimum absolute atomic E-state index is 0.485. The van der Waals surface area contributed by atoms with Crippen molar-refractivity contribution in [2.45, 2.75) is 39.3 Å². The Kier molecular flexibility index (Phi) is 3.23. The molecule has 1 fully saturated rings. The van der Waals surface area contributed by atoms with Gasteiger partial charge in [0.1, 0.15) is 0 Å². The van der Waals surface area contributed by atoms with Crippen LogP contribution in [0.25, 0.3) is 10.9 Å². The van der Waals surface area contributed by atoms with Crippen molar-refractivity contribution in [1.29, 1.82) is 0 Å². The second kappa shape index (κ2) is 4.89. The van der Waals surface area contributed by atoms with Gasteiger partial charge in [0.25, 0.3) is 0 Å². The molecule has 0 unspecified atom stereocenters. The van der Waals surface area contributed by atoms with E-state index in [1.807, 2.05) is 6.07 Å². The van der Waals surface area contributed by atoms with Gasteiger partial charge in [0.2, 0.25) is 0 Å². The lowest BCUT2D eigenvalue weighted by molar-refractivity contribution is 0.332. The van der Waals surface area contributed by atoms with Gasteiger partial charge in [-0.1, -0.05) is 0 Å². The fraction of sp³-hybridized carbons (Fsp3) is 0.500. The molecule has 3 rings (SSSR count). The topological polar surface area (TPSA) is 34.2 Å². The highest BCUT2D eigenvalue weighted by Crippen LogP contribution is 2.28. The molecule has 0 radical (unpaired) electrons. The summed E-state index contributed by atoms with van der Waals surface area (Å²) in [7, 11) is 0. The van der Waals surface area contributed by atoms with Crippen molar-refractivity contribution in [3.63, 3.8) is 0 Å². The summed E-state index contributed by atoms with van der Waals surface area (Å²) < 4.78 is 2.36. The van der Waals surface area contributed by atoms with Crippen LogP contribution in [0.4, 0.5) is 5.69 Å². The SMILES string of the molecule is CC(C)n1cc(CN2CCCC2)c2cc(N)ccc21. The van der Waals surface area contributed by atoms with Crippen molar-refractivity contribution in [3.8, 4) is 0 Å². The van der Waals surface area contributed by atoms with Crippen molar-refractivity contribution in [1.82, 2.24) is 9.47 Å². The number of hydrogen-bond acceptors (Lipinski definition) is 2. The summed E-state index contributed by atoms with van der Waals surface area (Å²) in [5.41, 5.74) is 9.54. The van der Waals surface area contributed by atoms with Crippen LogP contribution in [0.1, 0.15) is 38.3 Å². The van der Waals surface area contributed by atoms with Gasteiger partial charge < -0.3 is 10.3 Å². The second-order valence-corrected chi connectivity index (χ2v) is 5.92. The molecule has 0 bridgehead atoms. The lowest BCUT2D eigenvalue weighted by Gasteiger charge is -2.13. The average molecular weight is 257 g/mol. The predicted molar refractivity (Wildman–Crippen MR) is 81.2 cm³/mol. The number of hydrogen-bond donors (Lipinski definition) is 1. The van der Waals surface area contributed by atoms with Gasteiger partial charge in [0.15, 0.2) is 0 Å². The van der Waals surface area contributed by atoms with Gasteiger partial charge in [0, 0.05) is 35.4 Å². The normalized spacial score (nSPS) is 16.8. The highest BCUT2D eigenvalue weighted by atomic mass is 15.1. The average Bonchev–Trinajstić information content (AvgIpc) is 2.98.